The van der Waals surface area contributed by atoms with Crippen molar-refractivity contribution in [2.24, 2.45) is 7.05 Å². The van der Waals surface area contributed by atoms with Crippen molar-refractivity contribution < 1.29 is 9.53 Å². The van der Waals surface area contributed by atoms with Crippen LogP contribution in [0.5, 0.6) is 0 Å². The van der Waals surface area contributed by atoms with Crippen LogP contribution >= 0.6 is 0 Å². The fourth-order valence-corrected chi connectivity index (χ4v) is 3.49. The number of nitrogens with zero attached hydrogens (tertiary/aromatic N) is 3. The molecule has 1 aliphatic carbocycles. The fourth-order valence-electron chi connectivity index (χ4n) is 3.49. The van der Waals surface area contributed by atoms with Gasteiger partial charge in [-0.1, -0.05) is 0 Å². The summed E-state index contributed by atoms with van der Waals surface area (Å²) in [5.41, 5.74) is 0.353. The SMILES string of the molecule is CC1CN(C(=O)C(C)(C)c2cnn(C)c2)CC2(CCC2)O1. The molecule has 2 aliphatic rings. The van der Waals surface area contributed by atoms with Crippen LogP contribution in [-0.2, 0) is 22.0 Å². The van der Waals surface area contributed by atoms with Gasteiger partial charge in [-0.05, 0) is 40.0 Å². The van der Waals surface area contributed by atoms with E-state index in [2.05, 4.69) is 12.0 Å². The first-order chi connectivity index (χ1) is 9.82. The van der Waals surface area contributed by atoms with Crippen molar-refractivity contribution in [2.75, 3.05) is 13.1 Å². The Morgan fingerprint density at radius 1 is 1.48 bits per heavy atom. The number of rotatable bonds is 2. The highest BCUT2D eigenvalue weighted by Crippen LogP contribution is 2.40. The van der Waals surface area contributed by atoms with Gasteiger partial charge < -0.3 is 9.64 Å². The quantitative estimate of drug-likeness (QED) is 0.835. The fraction of sp³-hybridized carbons (Fsp3) is 0.750. The molecule has 1 spiro atoms. The van der Waals surface area contributed by atoms with E-state index in [0.29, 0.717) is 6.54 Å². The van der Waals surface area contributed by atoms with Crippen LogP contribution < -0.4 is 0 Å². The number of hydrogen-bond donors (Lipinski definition) is 0. The summed E-state index contributed by atoms with van der Waals surface area (Å²) in [6.45, 7) is 7.46. The Balaban J connectivity index is 1.80. The molecule has 1 atom stereocenters. The maximum Gasteiger partial charge on any atom is 0.232 e. The van der Waals surface area contributed by atoms with Crippen LogP contribution in [0.15, 0.2) is 12.4 Å². The average molecular weight is 291 g/mol. The highest BCUT2D eigenvalue weighted by Gasteiger charge is 2.47. The monoisotopic (exact) mass is 291 g/mol. The first-order valence-corrected chi connectivity index (χ1v) is 7.79. The Hall–Kier alpha value is -1.36. The van der Waals surface area contributed by atoms with Crippen LogP contribution in [0.1, 0.15) is 45.6 Å². The normalized spacial score (nSPS) is 25.0. The molecule has 2 heterocycles. The minimum Gasteiger partial charge on any atom is -0.368 e. The molecule has 5 heteroatoms. The molecule has 0 bridgehead atoms. The average Bonchev–Trinajstić information content (AvgIpc) is 2.82. The zero-order valence-electron chi connectivity index (χ0n) is 13.4. The van der Waals surface area contributed by atoms with Crippen molar-refractivity contribution in [3.05, 3.63) is 18.0 Å². The molecule has 1 aromatic rings. The van der Waals surface area contributed by atoms with Crippen molar-refractivity contribution in [3.63, 3.8) is 0 Å². The lowest BCUT2D eigenvalue weighted by atomic mass is 9.77. The summed E-state index contributed by atoms with van der Waals surface area (Å²) < 4.78 is 7.85. The van der Waals surface area contributed by atoms with Crippen molar-refractivity contribution in [1.29, 1.82) is 0 Å². The van der Waals surface area contributed by atoms with E-state index in [1.807, 2.05) is 32.0 Å². The number of amides is 1. The minimum absolute atomic E-state index is 0.0711. The summed E-state index contributed by atoms with van der Waals surface area (Å²) in [4.78, 5) is 15.0. The predicted molar refractivity (Wildman–Crippen MR) is 79.9 cm³/mol. The summed E-state index contributed by atoms with van der Waals surface area (Å²) in [7, 11) is 1.88. The van der Waals surface area contributed by atoms with Crippen molar-refractivity contribution in [2.45, 2.75) is 57.2 Å². The molecule has 116 valence electrons. The Morgan fingerprint density at radius 2 is 2.19 bits per heavy atom. The smallest absolute Gasteiger partial charge is 0.232 e. The Labute approximate surface area is 126 Å². The second kappa shape index (κ2) is 4.83. The molecule has 21 heavy (non-hydrogen) atoms. The third-order valence-electron chi connectivity index (χ3n) is 4.92. The summed E-state index contributed by atoms with van der Waals surface area (Å²) in [6, 6.07) is 0. The topological polar surface area (TPSA) is 47.4 Å². The lowest BCUT2D eigenvalue weighted by Crippen LogP contribution is -2.61. The van der Waals surface area contributed by atoms with E-state index in [9.17, 15) is 4.79 Å². The second-order valence-corrected chi connectivity index (χ2v) is 7.18. The molecule has 5 nitrogen and oxygen atoms in total. The van der Waals surface area contributed by atoms with E-state index >= 15 is 0 Å². The lowest BCUT2D eigenvalue weighted by molar-refractivity contribution is -0.193. The van der Waals surface area contributed by atoms with E-state index in [-0.39, 0.29) is 17.6 Å². The van der Waals surface area contributed by atoms with Gasteiger partial charge in [-0.2, -0.15) is 5.10 Å². The second-order valence-electron chi connectivity index (χ2n) is 7.18. The van der Waals surface area contributed by atoms with Crippen molar-refractivity contribution in [1.82, 2.24) is 14.7 Å². The Morgan fingerprint density at radius 3 is 2.71 bits per heavy atom. The van der Waals surface area contributed by atoms with Gasteiger partial charge in [0.15, 0.2) is 0 Å². The molecule has 1 saturated heterocycles. The van der Waals surface area contributed by atoms with Crippen LogP contribution in [0, 0.1) is 0 Å². The third-order valence-corrected chi connectivity index (χ3v) is 4.92. The maximum absolute atomic E-state index is 13.0. The summed E-state index contributed by atoms with van der Waals surface area (Å²) in [5.74, 6) is 0.178. The van der Waals surface area contributed by atoms with Gasteiger partial charge in [-0.3, -0.25) is 9.48 Å². The Bertz CT molecular complexity index is 545. The van der Waals surface area contributed by atoms with Crippen LogP contribution in [0.25, 0.3) is 0 Å². The molecule has 1 unspecified atom stereocenters. The molecule has 1 aliphatic heterocycles. The molecule has 2 fully saturated rings. The summed E-state index contributed by atoms with van der Waals surface area (Å²) in [5, 5.41) is 4.20. The van der Waals surface area contributed by atoms with Crippen molar-refractivity contribution >= 4 is 5.91 Å². The number of hydrogen-bond acceptors (Lipinski definition) is 3. The molecule has 0 N–H and O–H groups in total. The third kappa shape index (κ3) is 2.48. The van der Waals surface area contributed by atoms with E-state index < -0.39 is 5.41 Å². The molecule has 3 rings (SSSR count). The maximum atomic E-state index is 13.0. The predicted octanol–water partition coefficient (Wildman–Crippen LogP) is 1.87. The highest BCUT2D eigenvalue weighted by molar-refractivity contribution is 5.87. The standard InChI is InChI=1S/C16H25N3O2/c1-12-9-19(11-16(21-12)6-5-7-16)14(20)15(2,3)13-8-17-18(4)10-13/h8,10,12H,5-7,9,11H2,1-4H3. The minimum atomic E-state index is -0.545. The van der Waals surface area contributed by atoms with Gasteiger partial charge in [-0.15, -0.1) is 0 Å². The van der Waals surface area contributed by atoms with Gasteiger partial charge in [0.1, 0.15) is 0 Å². The number of carbonyl (C=O) groups is 1. The highest BCUT2D eigenvalue weighted by atomic mass is 16.5. The molecule has 1 aromatic heterocycles. The zero-order chi connectivity index (χ0) is 15.3. The molecular formula is C16H25N3O2. The van der Waals surface area contributed by atoms with E-state index in [1.165, 1.54) is 6.42 Å². The van der Waals surface area contributed by atoms with Crippen molar-refractivity contribution in [3.8, 4) is 0 Å². The first-order valence-electron chi connectivity index (χ1n) is 7.79. The van der Waals surface area contributed by atoms with Crippen LogP contribution in [0.2, 0.25) is 0 Å². The van der Waals surface area contributed by atoms with Crippen LogP contribution in [-0.4, -0.2) is 45.4 Å². The number of aromatic nitrogens is 2. The lowest BCUT2D eigenvalue weighted by Gasteiger charge is -2.51. The number of aryl methyl sites for hydroxylation is 1. The first kappa shape index (κ1) is 14.6. The van der Waals surface area contributed by atoms with E-state index in [1.54, 1.807) is 10.9 Å². The Kier molecular flexibility index (Phi) is 3.35. The molecule has 0 radical (unpaired) electrons. The number of carbonyl (C=O) groups excluding carboxylic acids is 1. The van der Waals surface area contributed by atoms with E-state index in [0.717, 1.165) is 24.9 Å². The van der Waals surface area contributed by atoms with Gasteiger partial charge in [0.05, 0.1) is 23.3 Å². The molecular weight excluding hydrogens is 266 g/mol. The van der Waals surface area contributed by atoms with Gasteiger partial charge in [0.2, 0.25) is 5.91 Å². The van der Waals surface area contributed by atoms with Crippen LogP contribution in [0.3, 0.4) is 0 Å². The van der Waals surface area contributed by atoms with Gasteiger partial charge in [-0.25, -0.2) is 0 Å². The van der Waals surface area contributed by atoms with Gasteiger partial charge in [0.25, 0.3) is 0 Å². The van der Waals surface area contributed by atoms with Crippen LogP contribution in [0.4, 0.5) is 0 Å². The van der Waals surface area contributed by atoms with Gasteiger partial charge >= 0.3 is 0 Å². The van der Waals surface area contributed by atoms with E-state index in [4.69, 9.17) is 4.74 Å². The zero-order valence-corrected chi connectivity index (χ0v) is 13.4. The molecule has 1 amide bonds. The molecule has 0 aromatic carbocycles. The number of ether oxygens (including phenoxy) is 1. The molecule has 1 saturated carbocycles. The summed E-state index contributed by atoms with van der Waals surface area (Å²) in [6.07, 6.45) is 7.21. The largest absolute Gasteiger partial charge is 0.368 e. The summed E-state index contributed by atoms with van der Waals surface area (Å²) >= 11 is 0. The number of morpholine rings is 1. The van der Waals surface area contributed by atoms with Gasteiger partial charge in [0, 0.05) is 31.9 Å².